The van der Waals surface area contributed by atoms with Crippen LogP contribution in [-0.2, 0) is 23.1 Å². The number of para-hydroxylation sites is 1. The Bertz CT molecular complexity index is 1170. The van der Waals surface area contributed by atoms with E-state index in [1.807, 2.05) is 18.2 Å². The van der Waals surface area contributed by atoms with Crippen LogP contribution in [0, 0.1) is 0 Å². The van der Waals surface area contributed by atoms with Crippen molar-refractivity contribution in [2.75, 3.05) is 24.4 Å². The van der Waals surface area contributed by atoms with E-state index in [4.69, 9.17) is 0 Å². The third-order valence-electron chi connectivity index (χ3n) is 5.98. The second-order valence-electron chi connectivity index (χ2n) is 8.31. The van der Waals surface area contributed by atoms with Crippen LogP contribution in [0.3, 0.4) is 0 Å². The fraction of sp³-hybridized carbons (Fsp3) is 0.269. The molecule has 6 nitrogen and oxygen atoms in total. The Hall–Kier alpha value is -3.16. The Labute approximate surface area is 195 Å². The molecule has 0 saturated carbocycles. The molecule has 1 aliphatic rings. The maximum atomic E-state index is 12.9. The van der Waals surface area contributed by atoms with Gasteiger partial charge in [-0.25, -0.2) is 8.42 Å². The highest BCUT2D eigenvalue weighted by Crippen LogP contribution is 2.22. The molecule has 0 atom stereocenters. The zero-order valence-corrected chi connectivity index (χ0v) is 19.6. The molecule has 7 heteroatoms. The van der Waals surface area contributed by atoms with Crippen LogP contribution in [0.5, 0.6) is 0 Å². The molecule has 0 radical (unpaired) electrons. The smallest absolute Gasteiger partial charge is 0.264 e. The lowest BCUT2D eigenvalue weighted by atomic mass is 10.1. The fourth-order valence-corrected chi connectivity index (χ4v) is 5.15. The van der Waals surface area contributed by atoms with Gasteiger partial charge in [0.2, 0.25) is 0 Å². The molecule has 3 aromatic carbocycles. The third kappa shape index (κ3) is 5.61. The van der Waals surface area contributed by atoms with E-state index in [0.29, 0.717) is 17.8 Å². The summed E-state index contributed by atoms with van der Waals surface area (Å²) in [7, 11) is -2.19. The first-order chi connectivity index (χ1) is 15.9. The van der Waals surface area contributed by atoms with Crippen LogP contribution in [0.2, 0.25) is 0 Å². The number of amides is 1. The molecule has 0 aromatic heterocycles. The molecule has 0 aliphatic carbocycles. The van der Waals surface area contributed by atoms with Gasteiger partial charge in [0.05, 0.1) is 10.6 Å². The molecule has 172 valence electrons. The monoisotopic (exact) mass is 463 g/mol. The number of nitrogens with one attached hydrogen (secondary N) is 1. The van der Waals surface area contributed by atoms with Crippen molar-refractivity contribution >= 4 is 21.6 Å². The molecule has 1 amide bonds. The topological polar surface area (TPSA) is 69.7 Å². The van der Waals surface area contributed by atoms with Crippen LogP contribution < -0.4 is 9.62 Å². The van der Waals surface area contributed by atoms with Gasteiger partial charge < -0.3 is 5.32 Å². The van der Waals surface area contributed by atoms with E-state index in [-0.39, 0.29) is 10.8 Å². The molecule has 1 heterocycles. The van der Waals surface area contributed by atoms with Gasteiger partial charge in [0.25, 0.3) is 15.9 Å². The number of hydrogen-bond acceptors (Lipinski definition) is 4. The Morgan fingerprint density at radius 1 is 0.879 bits per heavy atom. The lowest BCUT2D eigenvalue weighted by molar-refractivity contribution is 0.0951. The quantitative estimate of drug-likeness (QED) is 0.548. The summed E-state index contributed by atoms with van der Waals surface area (Å²) in [6.45, 7) is 3.72. The lowest BCUT2D eigenvalue weighted by Crippen LogP contribution is -2.27. The van der Waals surface area contributed by atoms with Crippen molar-refractivity contribution in [3.8, 4) is 0 Å². The van der Waals surface area contributed by atoms with Gasteiger partial charge in [-0.1, -0.05) is 42.5 Å². The molecular weight excluding hydrogens is 434 g/mol. The number of carbonyl (C=O) groups is 1. The van der Waals surface area contributed by atoms with Crippen LogP contribution in [-0.4, -0.2) is 39.4 Å². The molecule has 33 heavy (non-hydrogen) atoms. The minimum atomic E-state index is -3.70. The highest BCUT2D eigenvalue weighted by molar-refractivity contribution is 7.92. The summed E-state index contributed by atoms with van der Waals surface area (Å²) in [6.07, 6.45) is 2.56. The zero-order valence-electron chi connectivity index (χ0n) is 18.8. The van der Waals surface area contributed by atoms with Crippen LogP contribution in [0.25, 0.3) is 0 Å². The minimum absolute atomic E-state index is 0.138. The molecule has 1 saturated heterocycles. The van der Waals surface area contributed by atoms with Gasteiger partial charge in [0, 0.05) is 25.7 Å². The largest absolute Gasteiger partial charge is 0.348 e. The van der Waals surface area contributed by atoms with Crippen molar-refractivity contribution in [1.29, 1.82) is 0 Å². The average molecular weight is 464 g/mol. The van der Waals surface area contributed by atoms with Crippen molar-refractivity contribution in [3.05, 3.63) is 95.6 Å². The highest BCUT2D eigenvalue weighted by Gasteiger charge is 2.21. The molecule has 1 aliphatic heterocycles. The molecule has 0 unspecified atom stereocenters. The van der Waals surface area contributed by atoms with Gasteiger partial charge in [-0.15, -0.1) is 0 Å². The van der Waals surface area contributed by atoms with Gasteiger partial charge in [0.15, 0.2) is 0 Å². The van der Waals surface area contributed by atoms with Crippen molar-refractivity contribution in [1.82, 2.24) is 10.2 Å². The summed E-state index contributed by atoms with van der Waals surface area (Å²) in [5.41, 5.74) is 3.30. The first kappa shape index (κ1) is 23.0. The van der Waals surface area contributed by atoms with Gasteiger partial charge in [-0.3, -0.25) is 14.0 Å². The predicted molar refractivity (Wildman–Crippen MR) is 131 cm³/mol. The number of nitrogens with zero attached hydrogens (tertiary/aromatic N) is 2. The van der Waals surface area contributed by atoms with Crippen molar-refractivity contribution in [3.63, 3.8) is 0 Å². The lowest BCUT2D eigenvalue weighted by Gasteiger charge is -2.19. The Morgan fingerprint density at radius 2 is 1.48 bits per heavy atom. The number of anilines is 1. The first-order valence-corrected chi connectivity index (χ1v) is 12.6. The number of likely N-dealkylation sites (tertiary alicyclic amines) is 1. The second kappa shape index (κ2) is 10.2. The van der Waals surface area contributed by atoms with Crippen molar-refractivity contribution < 1.29 is 13.2 Å². The first-order valence-electron chi connectivity index (χ1n) is 11.2. The van der Waals surface area contributed by atoms with Crippen molar-refractivity contribution in [2.45, 2.75) is 30.8 Å². The number of carbonyl (C=O) groups excluding carboxylic acids is 1. The number of benzene rings is 3. The molecular formula is C26H29N3O3S. The van der Waals surface area contributed by atoms with Gasteiger partial charge in [0.1, 0.15) is 0 Å². The normalized spacial score (nSPS) is 14.2. The SMILES string of the molecule is CN(c1ccccc1)S(=O)(=O)c1ccc(C(=O)NCc2ccc(CN3CCCC3)cc2)cc1. The Morgan fingerprint density at radius 3 is 2.12 bits per heavy atom. The summed E-state index contributed by atoms with van der Waals surface area (Å²) < 4.78 is 27.0. The van der Waals surface area contributed by atoms with E-state index in [2.05, 4.69) is 22.3 Å². The van der Waals surface area contributed by atoms with Crippen LogP contribution in [0.1, 0.15) is 34.3 Å². The highest BCUT2D eigenvalue weighted by atomic mass is 32.2. The van der Waals surface area contributed by atoms with Crippen LogP contribution in [0.4, 0.5) is 5.69 Å². The summed E-state index contributed by atoms with van der Waals surface area (Å²) in [5, 5.41) is 2.91. The van der Waals surface area contributed by atoms with E-state index in [0.717, 1.165) is 12.1 Å². The molecule has 0 bridgehead atoms. The van der Waals surface area contributed by atoms with Gasteiger partial charge >= 0.3 is 0 Å². The van der Waals surface area contributed by atoms with Crippen LogP contribution in [0.15, 0.2) is 83.8 Å². The molecule has 0 spiro atoms. The average Bonchev–Trinajstić information content (AvgIpc) is 3.36. The Kier molecular flexibility index (Phi) is 7.11. The van der Waals surface area contributed by atoms with E-state index in [9.17, 15) is 13.2 Å². The molecule has 1 N–H and O–H groups in total. The van der Waals surface area contributed by atoms with Gasteiger partial charge in [-0.05, 0) is 73.5 Å². The predicted octanol–water partition coefficient (Wildman–Crippen LogP) is 4.04. The van der Waals surface area contributed by atoms with E-state index < -0.39 is 10.0 Å². The third-order valence-corrected chi connectivity index (χ3v) is 7.78. The van der Waals surface area contributed by atoms with Crippen LogP contribution >= 0.6 is 0 Å². The Balaban J connectivity index is 1.34. The molecule has 3 aromatic rings. The standard InChI is InChI=1S/C26H29N3O3S/c1-28(24-7-3-2-4-8-24)33(31,32)25-15-13-23(14-16-25)26(30)27-19-21-9-11-22(12-10-21)20-29-17-5-6-18-29/h2-4,7-16H,5-6,17-20H2,1H3,(H,27,30). The molecule has 4 rings (SSSR count). The van der Waals surface area contributed by atoms with Gasteiger partial charge in [-0.2, -0.15) is 0 Å². The minimum Gasteiger partial charge on any atom is -0.348 e. The van der Waals surface area contributed by atoms with Crippen molar-refractivity contribution in [2.24, 2.45) is 0 Å². The summed E-state index contributed by atoms with van der Waals surface area (Å²) in [5.74, 6) is -0.239. The number of hydrogen-bond donors (Lipinski definition) is 1. The van der Waals surface area contributed by atoms with E-state index in [1.54, 1.807) is 36.4 Å². The summed E-state index contributed by atoms with van der Waals surface area (Å²) in [4.78, 5) is 15.1. The van der Waals surface area contributed by atoms with E-state index in [1.165, 1.54) is 55.0 Å². The fourth-order valence-electron chi connectivity index (χ4n) is 3.96. The number of sulfonamides is 1. The second-order valence-corrected chi connectivity index (χ2v) is 10.3. The van der Waals surface area contributed by atoms with E-state index >= 15 is 0 Å². The zero-order chi connectivity index (χ0) is 23.3. The molecule has 1 fully saturated rings. The maximum Gasteiger partial charge on any atom is 0.264 e. The summed E-state index contributed by atoms with van der Waals surface area (Å²) >= 11 is 0. The number of rotatable bonds is 8. The summed E-state index contributed by atoms with van der Waals surface area (Å²) in [6, 6.07) is 23.2. The maximum absolute atomic E-state index is 12.9.